The zero-order valence-electron chi connectivity index (χ0n) is 16.1. The van der Waals surface area contributed by atoms with E-state index >= 15 is 0 Å². The van der Waals surface area contributed by atoms with Gasteiger partial charge in [0, 0.05) is 31.1 Å². The SMILES string of the molecule is CCNC(=NCCc1nc(-c2ccco2)n[nH]1)NC(C)c1ccc(F)cc1F.I. The lowest BCUT2D eigenvalue weighted by atomic mass is 10.1. The van der Waals surface area contributed by atoms with E-state index in [9.17, 15) is 8.78 Å². The van der Waals surface area contributed by atoms with Gasteiger partial charge in [0.1, 0.15) is 17.5 Å². The summed E-state index contributed by atoms with van der Waals surface area (Å²) in [5.74, 6) is 1.11. The summed E-state index contributed by atoms with van der Waals surface area (Å²) in [6.07, 6.45) is 2.11. The van der Waals surface area contributed by atoms with Crippen LogP contribution in [0.15, 0.2) is 46.0 Å². The highest BCUT2D eigenvalue weighted by Crippen LogP contribution is 2.17. The third-order valence-electron chi connectivity index (χ3n) is 4.02. The number of furan rings is 1. The van der Waals surface area contributed by atoms with Crippen LogP contribution in [-0.4, -0.2) is 34.2 Å². The summed E-state index contributed by atoms with van der Waals surface area (Å²) < 4.78 is 32.3. The van der Waals surface area contributed by atoms with Gasteiger partial charge in [0.05, 0.1) is 12.3 Å². The predicted octanol–water partition coefficient (Wildman–Crippen LogP) is 3.82. The maximum Gasteiger partial charge on any atom is 0.216 e. The highest BCUT2D eigenvalue weighted by molar-refractivity contribution is 14.0. The summed E-state index contributed by atoms with van der Waals surface area (Å²) >= 11 is 0. The van der Waals surface area contributed by atoms with Crippen LogP contribution in [0.3, 0.4) is 0 Å². The molecule has 0 amide bonds. The standard InChI is InChI=1S/C19H22F2N6O.HI/c1-3-22-19(24-12(2)14-7-6-13(20)11-15(14)21)23-9-8-17-25-18(27-26-17)16-5-4-10-28-16;/h4-7,10-12H,3,8-9H2,1-2H3,(H2,22,23,24)(H,25,26,27);1H. The molecule has 29 heavy (non-hydrogen) atoms. The molecular formula is C19H23F2IN6O. The number of hydrogen-bond acceptors (Lipinski definition) is 4. The third kappa shape index (κ3) is 6.24. The van der Waals surface area contributed by atoms with Crippen molar-refractivity contribution in [2.75, 3.05) is 13.1 Å². The number of nitrogens with one attached hydrogen (secondary N) is 3. The van der Waals surface area contributed by atoms with Crippen LogP contribution in [-0.2, 0) is 6.42 Å². The molecule has 156 valence electrons. The summed E-state index contributed by atoms with van der Waals surface area (Å²) in [4.78, 5) is 8.85. The van der Waals surface area contributed by atoms with E-state index in [2.05, 4.69) is 30.8 Å². The van der Waals surface area contributed by atoms with Crippen molar-refractivity contribution < 1.29 is 13.2 Å². The third-order valence-corrected chi connectivity index (χ3v) is 4.02. The first-order valence-corrected chi connectivity index (χ1v) is 9.01. The Morgan fingerprint density at radius 3 is 2.83 bits per heavy atom. The Balaban J connectivity index is 0.00000300. The Labute approximate surface area is 184 Å². The van der Waals surface area contributed by atoms with Crippen LogP contribution in [0.25, 0.3) is 11.6 Å². The smallest absolute Gasteiger partial charge is 0.216 e. The molecule has 1 unspecified atom stereocenters. The van der Waals surface area contributed by atoms with Crippen molar-refractivity contribution >= 4 is 29.9 Å². The van der Waals surface area contributed by atoms with Crippen molar-refractivity contribution in [1.29, 1.82) is 0 Å². The lowest BCUT2D eigenvalue weighted by Crippen LogP contribution is -2.39. The van der Waals surface area contributed by atoms with Gasteiger partial charge < -0.3 is 15.1 Å². The lowest BCUT2D eigenvalue weighted by molar-refractivity contribution is 0.551. The molecule has 0 aliphatic heterocycles. The molecule has 3 N–H and O–H groups in total. The molecule has 0 bridgehead atoms. The van der Waals surface area contributed by atoms with Crippen LogP contribution in [0.4, 0.5) is 8.78 Å². The molecule has 0 radical (unpaired) electrons. The molecule has 0 spiro atoms. The van der Waals surface area contributed by atoms with Gasteiger partial charge in [-0.05, 0) is 32.0 Å². The molecule has 1 aromatic carbocycles. The Morgan fingerprint density at radius 2 is 2.14 bits per heavy atom. The molecule has 2 aromatic heterocycles. The van der Waals surface area contributed by atoms with E-state index in [1.165, 1.54) is 12.1 Å². The predicted molar refractivity (Wildman–Crippen MR) is 117 cm³/mol. The monoisotopic (exact) mass is 516 g/mol. The molecule has 2 heterocycles. The van der Waals surface area contributed by atoms with Crippen LogP contribution in [0.5, 0.6) is 0 Å². The van der Waals surface area contributed by atoms with Gasteiger partial charge in [-0.15, -0.1) is 24.0 Å². The minimum atomic E-state index is -0.602. The van der Waals surface area contributed by atoms with Gasteiger partial charge >= 0.3 is 0 Å². The number of rotatable bonds is 7. The maximum absolute atomic E-state index is 14.0. The van der Waals surface area contributed by atoms with E-state index < -0.39 is 11.6 Å². The van der Waals surface area contributed by atoms with E-state index in [0.29, 0.717) is 48.4 Å². The summed E-state index contributed by atoms with van der Waals surface area (Å²) in [7, 11) is 0. The van der Waals surface area contributed by atoms with Gasteiger partial charge in [-0.25, -0.2) is 13.8 Å². The quantitative estimate of drug-likeness (QED) is 0.253. The van der Waals surface area contributed by atoms with Crippen molar-refractivity contribution in [2.24, 2.45) is 4.99 Å². The maximum atomic E-state index is 14.0. The first-order valence-electron chi connectivity index (χ1n) is 9.01. The molecular weight excluding hydrogens is 493 g/mol. The topological polar surface area (TPSA) is 91.1 Å². The van der Waals surface area contributed by atoms with Gasteiger partial charge in [0.25, 0.3) is 0 Å². The van der Waals surface area contributed by atoms with E-state index in [-0.39, 0.29) is 30.0 Å². The molecule has 7 nitrogen and oxygen atoms in total. The zero-order valence-corrected chi connectivity index (χ0v) is 18.4. The van der Waals surface area contributed by atoms with Gasteiger partial charge in [0.15, 0.2) is 11.7 Å². The van der Waals surface area contributed by atoms with Gasteiger partial charge in [-0.3, -0.25) is 10.1 Å². The fourth-order valence-corrected chi connectivity index (χ4v) is 2.65. The molecule has 0 saturated heterocycles. The number of nitrogens with zero attached hydrogens (tertiary/aromatic N) is 3. The first kappa shape index (κ1) is 22.8. The highest BCUT2D eigenvalue weighted by Gasteiger charge is 2.13. The van der Waals surface area contributed by atoms with Gasteiger partial charge in [-0.2, -0.15) is 5.10 Å². The molecule has 0 saturated carbocycles. The fourth-order valence-electron chi connectivity index (χ4n) is 2.65. The number of halogens is 3. The van der Waals surface area contributed by atoms with Crippen molar-refractivity contribution in [1.82, 2.24) is 25.8 Å². The number of benzene rings is 1. The minimum Gasteiger partial charge on any atom is -0.461 e. The normalized spacial score (nSPS) is 12.3. The Hall–Kier alpha value is -2.50. The summed E-state index contributed by atoms with van der Waals surface area (Å²) in [5.41, 5.74) is 0.366. The molecule has 1 atom stereocenters. The van der Waals surface area contributed by atoms with Crippen molar-refractivity contribution in [3.63, 3.8) is 0 Å². The molecule has 0 fully saturated rings. The number of hydrogen-bond donors (Lipinski definition) is 3. The summed E-state index contributed by atoms with van der Waals surface area (Å²) in [5, 5.41) is 13.2. The van der Waals surface area contributed by atoms with Gasteiger partial charge in [0.2, 0.25) is 5.82 Å². The molecule has 0 aliphatic rings. The number of aromatic nitrogens is 3. The van der Waals surface area contributed by atoms with Crippen LogP contribution < -0.4 is 10.6 Å². The summed E-state index contributed by atoms with van der Waals surface area (Å²) in [6.45, 7) is 4.82. The van der Waals surface area contributed by atoms with Crippen molar-refractivity contribution in [3.05, 3.63) is 59.6 Å². The minimum absolute atomic E-state index is 0. The van der Waals surface area contributed by atoms with E-state index in [1.807, 2.05) is 6.92 Å². The highest BCUT2D eigenvalue weighted by atomic mass is 127. The molecule has 3 aromatic rings. The van der Waals surface area contributed by atoms with Crippen LogP contribution >= 0.6 is 24.0 Å². The molecule has 0 aliphatic carbocycles. The Kier molecular flexibility index (Phi) is 8.55. The van der Waals surface area contributed by atoms with E-state index in [4.69, 9.17) is 4.42 Å². The van der Waals surface area contributed by atoms with E-state index in [1.54, 1.807) is 25.3 Å². The van der Waals surface area contributed by atoms with E-state index in [0.717, 1.165) is 6.07 Å². The van der Waals surface area contributed by atoms with Gasteiger partial charge in [-0.1, -0.05) is 6.07 Å². The van der Waals surface area contributed by atoms with Crippen LogP contribution in [0.2, 0.25) is 0 Å². The Morgan fingerprint density at radius 1 is 1.31 bits per heavy atom. The second kappa shape index (κ2) is 10.9. The first-order chi connectivity index (χ1) is 13.6. The second-order valence-corrected chi connectivity index (χ2v) is 6.13. The second-order valence-electron chi connectivity index (χ2n) is 6.13. The van der Waals surface area contributed by atoms with Crippen LogP contribution in [0.1, 0.15) is 31.3 Å². The van der Waals surface area contributed by atoms with Crippen molar-refractivity contribution in [2.45, 2.75) is 26.3 Å². The molecule has 10 heteroatoms. The average molecular weight is 516 g/mol. The lowest BCUT2D eigenvalue weighted by Gasteiger charge is -2.18. The zero-order chi connectivity index (χ0) is 19.9. The number of aliphatic imine (C=N–C) groups is 1. The Bertz CT molecular complexity index is 929. The fraction of sp³-hybridized carbons (Fsp3) is 0.316. The van der Waals surface area contributed by atoms with Crippen molar-refractivity contribution in [3.8, 4) is 11.6 Å². The molecule has 3 rings (SSSR count). The number of H-pyrrole nitrogens is 1. The summed E-state index contributed by atoms with van der Waals surface area (Å²) in [6, 6.07) is 6.72. The largest absolute Gasteiger partial charge is 0.461 e. The number of guanidine groups is 1. The average Bonchev–Trinajstić information content (AvgIpc) is 3.33. The van der Waals surface area contributed by atoms with Crippen LogP contribution in [0, 0.1) is 11.6 Å². The number of aromatic amines is 1.